The Labute approximate surface area is 104 Å². The number of hydrogen-bond acceptors (Lipinski definition) is 6. The zero-order valence-electron chi connectivity index (χ0n) is 9.51. The first-order chi connectivity index (χ1) is 8.29. The number of hydrogen-bond donors (Lipinski definition) is 2. The Morgan fingerprint density at radius 3 is 3.06 bits per heavy atom. The van der Waals surface area contributed by atoms with Gasteiger partial charge in [-0.2, -0.15) is 4.98 Å². The zero-order chi connectivity index (χ0) is 12.1. The number of rotatable bonds is 5. The average molecular weight is 250 g/mol. The van der Waals surface area contributed by atoms with Crippen molar-refractivity contribution in [1.29, 1.82) is 0 Å². The Morgan fingerprint density at radius 2 is 2.35 bits per heavy atom. The fourth-order valence-electron chi connectivity index (χ4n) is 1.39. The lowest BCUT2D eigenvalue weighted by Gasteiger charge is -2.06. The van der Waals surface area contributed by atoms with Crippen LogP contribution in [0.3, 0.4) is 0 Å². The van der Waals surface area contributed by atoms with Crippen LogP contribution >= 0.6 is 11.3 Å². The van der Waals surface area contributed by atoms with E-state index in [0.717, 1.165) is 12.1 Å². The van der Waals surface area contributed by atoms with Crippen molar-refractivity contribution in [2.45, 2.75) is 13.3 Å². The average Bonchev–Trinajstić information content (AvgIpc) is 2.76. The number of pyridine rings is 1. The highest BCUT2D eigenvalue weighted by molar-refractivity contribution is 7.09. The molecule has 3 N–H and O–H groups in total. The molecular formula is C11H14N4OS. The molecule has 0 aromatic carbocycles. The van der Waals surface area contributed by atoms with Gasteiger partial charge in [0.15, 0.2) is 0 Å². The maximum Gasteiger partial charge on any atom is 0.215 e. The molecule has 2 heterocycles. The van der Waals surface area contributed by atoms with Crippen molar-refractivity contribution in [3.05, 3.63) is 34.3 Å². The highest BCUT2D eigenvalue weighted by atomic mass is 32.1. The quantitative estimate of drug-likeness (QED) is 0.625. The number of hydrazine groups is 1. The summed E-state index contributed by atoms with van der Waals surface area (Å²) in [5.41, 5.74) is 5.40. The number of aromatic nitrogens is 2. The second-order valence-corrected chi connectivity index (χ2v) is 4.40. The predicted molar refractivity (Wildman–Crippen MR) is 68.1 cm³/mol. The van der Waals surface area contributed by atoms with Crippen LogP contribution in [0.5, 0.6) is 5.88 Å². The molecule has 5 nitrogen and oxygen atoms in total. The van der Waals surface area contributed by atoms with E-state index in [0.29, 0.717) is 18.3 Å². The highest BCUT2D eigenvalue weighted by Crippen LogP contribution is 2.14. The summed E-state index contributed by atoms with van der Waals surface area (Å²) in [6.07, 6.45) is 0.846. The van der Waals surface area contributed by atoms with E-state index >= 15 is 0 Å². The summed E-state index contributed by atoms with van der Waals surface area (Å²) in [5, 5.41) is 0. The molecule has 0 bridgehead atoms. The van der Waals surface area contributed by atoms with Gasteiger partial charge < -0.3 is 10.2 Å². The maximum absolute atomic E-state index is 5.55. The Morgan fingerprint density at radius 1 is 1.47 bits per heavy atom. The second kappa shape index (κ2) is 5.60. The van der Waals surface area contributed by atoms with E-state index in [-0.39, 0.29) is 0 Å². The van der Waals surface area contributed by atoms with Gasteiger partial charge in [0.05, 0.1) is 17.8 Å². The summed E-state index contributed by atoms with van der Waals surface area (Å²) in [5.74, 6) is 6.44. The molecule has 0 aliphatic heterocycles. The molecule has 0 spiro atoms. The van der Waals surface area contributed by atoms with Crippen LogP contribution in [0.15, 0.2) is 23.7 Å². The van der Waals surface area contributed by atoms with Crippen LogP contribution in [-0.2, 0) is 6.42 Å². The zero-order valence-corrected chi connectivity index (χ0v) is 10.3. The van der Waals surface area contributed by atoms with Crippen molar-refractivity contribution >= 4 is 17.2 Å². The third kappa shape index (κ3) is 3.15. The van der Waals surface area contributed by atoms with Gasteiger partial charge in [-0.3, -0.25) is 0 Å². The molecule has 2 aromatic heterocycles. The minimum Gasteiger partial charge on any atom is -0.477 e. The van der Waals surface area contributed by atoms with Gasteiger partial charge >= 0.3 is 0 Å². The van der Waals surface area contributed by atoms with Gasteiger partial charge in [0.2, 0.25) is 5.88 Å². The second-order valence-electron chi connectivity index (χ2n) is 3.46. The van der Waals surface area contributed by atoms with Crippen LogP contribution in [0.1, 0.15) is 10.6 Å². The van der Waals surface area contributed by atoms with E-state index in [2.05, 4.69) is 15.4 Å². The summed E-state index contributed by atoms with van der Waals surface area (Å²) in [4.78, 5) is 9.60. The van der Waals surface area contributed by atoms with E-state index < -0.39 is 0 Å². The Hall–Kier alpha value is -1.66. The van der Waals surface area contributed by atoms with E-state index in [1.165, 1.54) is 4.88 Å². The Bertz CT molecular complexity index is 486. The van der Waals surface area contributed by atoms with Crippen molar-refractivity contribution in [3.63, 3.8) is 0 Å². The van der Waals surface area contributed by atoms with Crippen LogP contribution in [-0.4, -0.2) is 16.6 Å². The fourth-order valence-corrected chi connectivity index (χ4v) is 2.15. The third-order valence-corrected chi connectivity index (χ3v) is 3.29. The van der Waals surface area contributed by atoms with Gasteiger partial charge in [0.25, 0.3) is 0 Å². The fraction of sp³-hybridized carbons (Fsp3) is 0.273. The number of aryl methyl sites for hydroxylation is 1. The lowest BCUT2D eigenvalue weighted by molar-refractivity contribution is 0.310. The molecule has 2 aromatic rings. The first kappa shape index (κ1) is 11.8. The number of thiazole rings is 1. The largest absolute Gasteiger partial charge is 0.477 e. The first-order valence-corrected chi connectivity index (χ1v) is 6.13. The van der Waals surface area contributed by atoms with E-state index in [4.69, 9.17) is 10.6 Å². The predicted octanol–water partition coefficient (Wildman–Crippen LogP) is 1.75. The number of nitrogens with zero attached hydrogens (tertiary/aromatic N) is 2. The molecule has 17 heavy (non-hydrogen) atoms. The van der Waals surface area contributed by atoms with Crippen molar-refractivity contribution in [1.82, 2.24) is 9.97 Å². The summed E-state index contributed by atoms with van der Waals surface area (Å²) in [6, 6.07) is 5.43. The molecule has 0 radical (unpaired) electrons. The topological polar surface area (TPSA) is 73.1 Å². The lowest BCUT2D eigenvalue weighted by atomic mass is 10.3. The van der Waals surface area contributed by atoms with Crippen molar-refractivity contribution in [3.8, 4) is 5.88 Å². The number of nitrogen functional groups attached to an aromatic ring is 1. The maximum atomic E-state index is 5.55. The third-order valence-electron chi connectivity index (χ3n) is 2.30. The van der Waals surface area contributed by atoms with Gasteiger partial charge in [-0.25, -0.2) is 10.8 Å². The molecular weight excluding hydrogens is 236 g/mol. The lowest BCUT2D eigenvalue weighted by Crippen LogP contribution is -2.09. The van der Waals surface area contributed by atoms with Crippen LogP contribution in [0.2, 0.25) is 0 Å². The Kier molecular flexibility index (Phi) is 3.89. The number of anilines is 1. The summed E-state index contributed by atoms with van der Waals surface area (Å²) in [7, 11) is 0. The van der Waals surface area contributed by atoms with Crippen LogP contribution in [0.4, 0.5) is 5.82 Å². The van der Waals surface area contributed by atoms with Gasteiger partial charge in [-0.15, -0.1) is 11.3 Å². The first-order valence-electron chi connectivity index (χ1n) is 5.25. The molecule has 0 fully saturated rings. The minimum absolute atomic E-state index is 0.572. The molecule has 2 rings (SSSR count). The number of nitrogens with one attached hydrogen (secondary N) is 1. The summed E-state index contributed by atoms with van der Waals surface area (Å²) in [6.45, 7) is 2.59. The minimum atomic E-state index is 0.572. The molecule has 6 heteroatoms. The van der Waals surface area contributed by atoms with Crippen molar-refractivity contribution in [2.75, 3.05) is 12.0 Å². The molecule has 0 amide bonds. The SMILES string of the molecule is Cc1ncsc1CCOc1cccc(NN)n1. The number of nitrogens with two attached hydrogens (primary N) is 1. The summed E-state index contributed by atoms with van der Waals surface area (Å²) >= 11 is 1.65. The molecule has 90 valence electrons. The van der Waals surface area contributed by atoms with Crippen LogP contribution < -0.4 is 16.0 Å². The standard InChI is InChI=1S/C11H14N4OS/c1-8-9(17-7-13-8)5-6-16-11-4-2-3-10(14-11)15-12/h2-4,7H,5-6,12H2,1H3,(H,14,15). The van der Waals surface area contributed by atoms with Gasteiger partial charge in [-0.1, -0.05) is 6.07 Å². The smallest absolute Gasteiger partial charge is 0.215 e. The molecule has 0 saturated heterocycles. The van der Waals surface area contributed by atoms with Gasteiger partial charge in [0, 0.05) is 17.4 Å². The molecule has 0 atom stereocenters. The molecule has 0 unspecified atom stereocenters. The van der Waals surface area contributed by atoms with Crippen molar-refractivity contribution < 1.29 is 4.74 Å². The normalized spacial score (nSPS) is 10.2. The van der Waals surface area contributed by atoms with E-state index in [9.17, 15) is 0 Å². The number of ether oxygens (including phenoxy) is 1. The highest BCUT2D eigenvalue weighted by Gasteiger charge is 2.02. The Balaban J connectivity index is 1.87. The molecule has 0 aliphatic carbocycles. The van der Waals surface area contributed by atoms with Gasteiger partial charge in [0.1, 0.15) is 5.82 Å². The van der Waals surface area contributed by atoms with Crippen LogP contribution in [0, 0.1) is 6.92 Å². The van der Waals surface area contributed by atoms with Gasteiger partial charge in [-0.05, 0) is 13.0 Å². The van der Waals surface area contributed by atoms with E-state index in [1.807, 2.05) is 18.5 Å². The molecule has 0 aliphatic rings. The monoisotopic (exact) mass is 250 g/mol. The summed E-state index contributed by atoms with van der Waals surface area (Å²) < 4.78 is 5.55. The van der Waals surface area contributed by atoms with Crippen molar-refractivity contribution in [2.24, 2.45) is 5.84 Å². The molecule has 0 saturated carbocycles. The van der Waals surface area contributed by atoms with Crippen LogP contribution in [0.25, 0.3) is 0 Å². The van der Waals surface area contributed by atoms with E-state index in [1.54, 1.807) is 23.5 Å².